The Morgan fingerprint density at radius 2 is 1.89 bits per heavy atom. The van der Waals surface area contributed by atoms with Crippen LogP contribution in [0.2, 0.25) is 0 Å². The highest BCUT2D eigenvalue weighted by Gasteiger charge is 2.26. The second kappa shape index (κ2) is 10.4. The van der Waals surface area contributed by atoms with Gasteiger partial charge >= 0.3 is 0 Å². The average Bonchev–Trinajstić information content (AvgIpc) is 2.68. The van der Waals surface area contributed by atoms with Crippen LogP contribution < -0.4 is 14.8 Å². The third-order valence-corrected chi connectivity index (χ3v) is 4.54. The fraction of sp³-hybridized carbons (Fsp3) is 0.400. The Bertz CT molecular complexity index is 701. The van der Waals surface area contributed by atoms with Gasteiger partial charge in [-0.2, -0.15) is 0 Å². The molecule has 1 atom stereocenters. The standard InChI is InChI=1S/C20H24F2N2O2.ClH/c1-25-19-5-3-2-4-17(19)18-12-23-10-11-24(18)13-15-6-8-16(9-7-15)26-14-20(21)22;/h2-9,18,20,23H,10-14H2,1H3;1H. The number of hydrogen-bond acceptors (Lipinski definition) is 4. The maximum Gasteiger partial charge on any atom is 0.272 e. The Labute approximate surface area is 164 Å². The molecule has 2 aromatic carbocycles. The number of nitrogens with zero attached hydrogens (tertiary/aromatic N) is 1. The summed E-state index contributed by atoms with van der Waals surface area (Å²) in [7, 11) is 1.69. The summed E-state index contributed by atoms with van der Waals surface area (Å²) in [6, 6.07) is 15.7. The van der Waals surface area contributed by atoms with E-state index in [1.54, 1.807) is 19.2 Å². The molecule has 27 heavy (non-hydrogen) atoms. The lowest BCUT2D eigenvalue weighted by Crippen LogP contribution is -2.45. The zero-order valence-electron chi connectivity index (χ0n) is 15.2. The van der Waals surface area contributed by atoms with Gasteiger partial charge in [-0.3, -0.25) is 4.90 Å². The maximum absolute atomic E-state index is 12.2. The van der Waals surface area contributed by atoms with Crippen LogP contribution in [-0.4, -0.2) is 44.7 Å². The number of ether oxygens (including phenoxy) is 2. The molecule has 1 heterocycles. The first kappa shape index (κ1) is 21.4. The molecule has 0 radical (unpaired) electrons. The van der Waals surface area contributed by atoms with Crippen molar-refractivity contribution in [3.05, 3.63) is 59.7 Å². The highest BCUT2D eigenvalue weighted by atomic mass is 35.5. The van der Waals surface area contributed by atoms with E-state index in [2.05, 4.69) is 16.3 Å². The second-order valence-electron chi connectivity index (χ2n) is 6.28. The number of halogens is 3. The van der Waals surface area contributed by atoms with Gasteiger partial charge in [0, 0.05) is 31.7 Å². The van der Waals surface area contributed by atoms with E-state index >= 15 is 0 Å². The van der Waals surface area contributed by atoms with Gasteiger partial charge in [-0.25, -0.2) is 8.78 Å². The van der Waals surface area contributed by atoms with E-state index in [0.717, 1.165) is 37.5 Å². The molecule has 0 aromatic heterocycles. The molecule has 0 saturated carbocycles. The third-order valence-electron chi connectivity index (χ3n) is 4.54. The smallest absolute Gasteiger partial charge is 0.272 e. The summed E-state index contributed by atoms with van der Waals surface area (Å²) in [6.07, 6.45) is -2.46. The predicted octanol–water partition coefficient (Wildman–Crippen LogP) is 3.91. The van der Waals surface area contributed by atoms with Crippen molar-refractivity contribution >= 4 is 12.4 Å². The molecular formula is C20H25ClF2N2O2. The van der Waals surface area contributed by atoms with E-state index < -0.39 is 13.0 Å². The van der Waals surface area contributed by atoms with Crippen LogP contribution in [0.15, 0.2) is 48.5 Å². The predicted molar refractivity (Wildman–Crippen MR) is 104 cm³/mol. The molecule has 7 heteroatoms. The molecule has 0 spiro atoms. The summed E-state index contributed by atoms with van der Waals surface area (Å²) in [5, 5.41) is 3.45. The summed E-state index contributed by atoms with van der Waals surface area (Å²) in [5.74, 6) is 1.36. The topological polar surface area (TPSA) is 33.7 Å². The monoisotopic (exact) mass is 398 g/mol. The number of piperazine rings is 1. The van der Waals surface area contributed by atoms with Gasteiger partial charge in [-0.1, -0.05) is 30.3 Å². The molecule has 2 aromatic rings. The van der Waals surface area contributed by atoms with Crippen LogP contribution >= 0.6 is 12.4 Å². The van der Waals surface area contributed by atoms with Gasteiger partial charge in [0.1, 0.15) is 18.1 Å². The molecule has 1 saturated heterocycles. The first-order valence-corrected chi connectivity index (χ1v) is 8.75. The Morgan fingerprint density at radius 1 is 1.15 bits per heavy atom. The van der Waals surface area contributed by atoms with Crippen molar-refractivity contribution in [2.45, 2.75) is 19.0 Å². The van der Waals surface area contributed by atoms with Gasteiger partial charge in [0.25, 0.3) is 6.43 Å². The highest BCUT2D eigenvalue weighted by molar-refractivity contribution is 5.85. The van der Waals surface area contributed by atoms with E-state index in [1.807, 2.05) is 30.3 Å². The van der Waals surface area contributed by atoms with Crippen molar-refractivity contribution in [2.75, 3.05) is 33.4 Å². The van der Waals surface area contributed by atoms with Crippen molar-refractivity contribution in [3.63, 3.8) is 0 Å². The fourth-order valence-electron chi connectivity index (χ4n) is 3.27. The lowest BCUT2D eigenvalue weighted by molar-refractivity contribution is 0.0819. The Morgan fingerprint density at radius 3 is 2.59 bits per heavy atom. The quantitative estimate of drug-likeness (QED) is 0.766. The molecule has 1 N–H and O–H groups in total. The number of alkyl halides is 2. The highest BCUT2D eigenvalue weighted by Crippen LogP contribution is 2.31. The van der Waals surface area contributed by atoms with Crippen molar-refractivity contribution in [1.29, 1.82) is 0 Å². The molecule has 3 rings (SSSR count). The van der Waals surface area contributed by atoms with Crippen molar-refractivity contribution in [3.8, 4) is 11.5 Å². The van der Waals surface area contributed by atoms with Crippen LogP contribution in [0.25, 0.3) is 0 Å². The molecule has 148 valence electrons. The molecule has 1 aliphatic rings. The zero-order valence-corrected chi connectivity index (χ0v) is 16.1. The SMILES string of the molecule is COc1ccccc1C1CNCCN1Cc1ccc(OCC(F)F)cc1.Cl. The second-order valence-corrected chi connectivity index (χ2v) is 6.28. The first-order valence-electron chi connectivity index (χ1n) is 8.75. The van der Waals surface area contributed by atoms with Gasteiger partial charge in [0.2, 0.25) is 0 Å². The van der Waals surface area contributed by atoms with E-state index in [4.69, 9.17) is 9.47 Å². The minimum absolute atomic E-state index is 0. The average molecular weight is 399 g/mol. The Hall–Kier alpha value is -1.89. The van der Waals surface area contributed by atoms with Crippen LogP contribution in [0.1, 0.15) is 17.2 Å². The molecule has 0 amide bonds. The first-order chi connectivity index (χ1) is 12.7. The van der Waals surface area contributed by atoms with E-state index in [0.29, 0.717) is 5.75 Å². The maximum atomic E-state index is 12.2. The summed E-state index contributed by atoms with van der Waals surface area (Å²) in [5.41, 5.74) is 2.29. The van der Waals surface area contributed by atoms with Crippen LogP contribution in [0.3, 0.4) is 0 Å². The molecule has 0 aliphatic carbocycles. The largest absolute Gasteiger partial charge is 0.496 e. The lowest BCUT2D eigenvalue weighted by atomic mass is 10.0. The Kier molecular flexibility index (Phi) is 8.28. The van der Waals surface area contributed by atoms with Crippen LogP contribution in [0.4, 0.5) is 8.78 Å². The van der Waals surface area contributed by atoms with Gasteiger partial charge in [-0.05, 0) is 23.8 Å². The van der Waals surface area contributed by atoms with E-state index in [1.165, 1.54) is 5.56 Å². The van der Waals surface area contributed by atoms with E-state index in [-0.39, 0.29) is 18.4 Å². The number of rotatable bonds is 7. The molecule has 4 nitrogen and oxygen atoms in total. The summed E-state index contributed by atoms with van der Waals surface area (Å²) < 4.78 is 35.0. The summed E-state index contributed by atoms with van der Waals surface area (Å²) in [6.45, 7) is 2.91. The van der Waals surface area contributed by atoms with E-state index in [9.17, 15) is 8.78 Å². The zero-order chi connectivity index (χ0) is 18.4. The molecule has 0 bridgehead atoms. The van der Waals surface area contributed by atoms with Crippen LogP contribution in [0.5, 0.6) is 11.5 Å². The fourth-order valence-corrected chi connectivity index (χ4v) is 3.27. The van der Waals surface area contributed by atoms with Gasteiger partial charge in [0.15, 0.2) is 0 Å². The minimum Gasteiger partial charge on any atom is -0.496 e. The minimum atomic E-state index is -2.46. The third kappa shape index (κ3) is 5.79. The summed E-state index contributed by atoms with van der Waals surface area (Å²) >= 11 is 0. The molecular weight excluding hydrogens is 374 g/mol. The van der Waals surface area contributed by atoms with Gasteiger partial charge in [-0.15, -0.1) is 12.4 Å². The molecule has 1 fully saturated rings. The normalized spacial score (nSPS) is 17.4. The van der Waals surface area contributed by atoms with Crippen molar-refractivity contribution < 1.29 is 18.3 Å². The van der Waals surface area contributed by atoms with Crippen molar-refractivity contribution in [2.24, 2.45) is 0 Å². The van der Waals surface area contributed by atoms with Crippen LogP contribution in [-0.2, 0) is 6.54 Å². The van der Waals surface area contributed by atoms with Gasteiger partial charge < -0.3 is 14.8 Å². The molecule has 1 unspecified atom stereocenters. The molecule has 1 aliphatic heterocycles. The van der Waals surface area contributed by atoms with Gasteiger partial charge in [0.05, 0.1) is 13.2 Å². The number of methoxy groups -OCH3 is 1. The Balaban J connectivity index is 0.00000261. The van der Waals surface area contributed by atoms with Crippen LogP contribution in [0, 0.1) is 0 Å². The lowest BCUT2D eigenvalue weighted by Gasteiger charge is -2.37. The van der Waals surface area contributed by atoms with Crippen molar-refractivity contribution in [1.82, 2.24) is 10.2 Å². The number of nitrogens with one attached hydrogen (secondary N) is 1. The number of para-hydroxylation sites is 1. The number of hydrogen-bond donors (Lipinski definition) is 1. The number of benzene rings is 2. The summed E-state index contributed by atoms with van der Waals surface area (Å²) in [4.78, 5) is 2.41.